The maximum Gasteiger partial charge on any atom is 0.224 e. The van der Waals surface area contributed by atoms with E-state index in [-0.39, 0.29) is 11.9 Å². The van der Waals surface area contributed by atoms with Gasteiger partial charge in [-0.1, -0.05) is 38.1 Å². The van der Waals surface area contributed by atoms with E-state index in [0.717, 1.165) is 29.0 Å². The summed E-state index contributed by atoms with van der Waals surface area (Å²) in [5.41, 5.74) is 2.12. The number of amides is 1. The maximum atomic E-state index is 12.3. The average molecular weight is 355 g/mol. The molecular weight excluding hydrogens is 326 g/mol. The van der Waals surface area contributed by atoms with E-state index in [1.807, 2.05) is 55.5 Å². The van der Waals surface area contributed by atoms with Crippen LogP contribution in [0.1, 0.15) is 31.9 Å². The second-order valence-electron chi connectivity index (χ2n) is 7.05. The summed E-state index contributed by atoms with van der Waals surface area (Å²) in [4.78, 5) is 12.3. The zero-order valence-corrected chi connectivity index (χ0v) is 16.1. The molecule has 1 amide bonds. The minimum atomic E-state index is 0.0243. The van der Waals surface area contributed by atoms with Gasteiger partial charge >= 0.3 is 0 Å². The van der Waals surface area contributed by atoms with Crippen LogP contribution < -0.4 is 14.8 Å². The largest absolute Gasteiger partial charge is 0.497 e. The van der Waals surface area contributed by atoms with Gasteiger partial charge in [0.05, 0.1) is 20.1 Å². The van der Waals surface area contributed by atoms with Crippen molar-refractivity contribution in [2.75, 3.05) is 13.7 Å². The summed E-state index contributed by atoms with van der Waals surface area (Å²) in [6.07, 6.45) is 1.14. The molecule has 0 heterocycles. The van der Waals surface area contributed by atoms with E-state index in [2.05, 4.69) is 19.2 Å². The molecule has 2 rings (SSSR count). The van der Waals surface area contributed by atoms with Gasteiger partial charge in [0.2, 0.25) is 5.91 Å². The monoisotopic (exact) mass is 355 g/mol. The first kappa shape index (κ1) is 19.8. The van der Waals surface area contributed by atoms with Gasteiger partial charge < -0.3 is 14.8 Å². The first-order valence-corrected chi connectivity index (χ1v) is 9.10. The molecule has 1 atom stereocenters. The number of carbonyl (C=O) groups excluding carboxylic acids is 1. The number of hydrogen-bond acceptors (Lipinski definition) is 3. The number of rotatable bonds is 9. The van der Waals surface area contributed by atoms with Crippen LogP contribution >= 0.6 is 0 Å². The highest BCUT2D eigenvalue weighted by Crippen LogP contribution is 2.15. The maximum absolute atomic E-state index is 12.3. The molecule has 0 saturated heterocycles. The summed E-state index contributed by atoms with van der Waals surface area (Å²) in [6, 6.07) is 15.7. The van der Waals surface area contributed by atoms with Crippen molar-refractivity contribution in [1.29, 1.82) is 0 Å². The Balaban J connectivity index is 1.81. The van der Waals surface area contributed by atoms with E-state index in [1.54, 1.807) is 7.11 Å². The highest BCUT2D eigenvalue weighted by Gasteiger charge is 2.10. The van der Waals surface area contributed by atoms with E-state index in [0.29, 0.717) is 18.9 Å². The molecule has 1 unspecified atom stereocenters. The summed E-state index contributed by atoms with van der Waals surface area (Å²) in [5.74, 6) is 2.19. The predicted octanol–water partition coefficient (Wildman–Crippen LogP) is 4.02. The molecule has 0 spiro atoms. The summed E-state index contributed by atoms with van der Waals surface area (Å²) in [7, 11) is 1.66. The molecule has 4 nitrogen and oxygen atoms in total. The van der Waals surface area contributed by atoms with Gasteiger partial charge in [-0.2, -0.15) is 0 Å². The van der Waals surface area contributed by atoms with Gasteiger partial charge in [0, 0.05) is 6.04 Å². The molecule has 0 bridgehead atoms. The Kier molecular flexibility index (Phi) is 7.52. The third kappa shape index (κ3) is 6.79. The Labute approximate surface area is 156 Å². The second kappa shape index (κ2) is 9.85. The van der Waals surface area contributed by atoms with E-state index in [1.165, 1.54) is 0 Å². The number of carbonyl (C=O) groups is 1. The lowest BCUT2D eigenvalue weighted by Crippen LogP contribution is -2.35. The molecule has 0 aliphatic heterocycles. The van der Waals surface area contributed by atoms with Crippen LogP contribution in [0.5, 0.6) is 11.5 Å². The molecule has 2 aromatic carbocycles. The molecule has 0 aliphatic carbocycles. The molecule has 26 heavy (non-hydrogen) atoms. The summed E-state index contributed by atoms with van der Waals surface area (Å²) in [5, 5.41) is 3.06. The zero-order chi connectivity index (χ0) is 18.9. The molecule has 0 aliphatic rings. The number of hydrogen-bond donors (Lipinski definition) is 1. The molecule has 140 valence electrons. The van der Waals surface area contributed by atoms with Crippen molar-refractivity contribution in [1.82, 2.24) is 5.32 Å². The minimum Gasteiger partial charge on any atom is -0.497 e. The Morgan fingerprint density at radius 1 is 1.00 bits per heavy atom. The van der Waals surface area contributed by atoms with Crippen molar-refractivity contribution in [2.24, 2.45) is 5.92 Å². The molecule has 1 N–H and O–H groups in total. The number of nitrogens with one attached hydrogen (secondary N) is 1. The molecule has 0 aromatic heterocycles. The van der Waals surface area contributed by atoms with E-state index < -0.39 is 0 Å². The third-order valence-corrected chi connectivity index (χ3v) is 3.95. The standard InChI is InChI=1S/C22H29NO3/c1-16(2)15-26-20-10-8-18(9-11-20)14-22(24)23-17(3)12-19-6-5-7-21(13-19)25-4/h5-11,13,16-17H,12,14-15H2,1-4H3,(H,23,24). The average Bonchev–Trinajstić information content (AvgIpc) is 2.61. The highest BCUT2D eigenvalue weighted by molar-refractivity contribution is 5.78. The lowest BCUT2D eigenvalue weighted by molar-refractivity contribution is -0.121. The Morgan fingerprint density at radius 2 is 1.73 bits per heavy atom. The van der Waals surface area contributed by atoms with Gasteiger partial charge in [-0.05, 0) is 54.7 Å². The first-order valence-electron chi connectivity index (χ1n) is 9.10. The number of benzene rings is 2. The van der Waals surface area contributed by atoms with Crippen molar-refractivity contribution >= 4 is 5.91 Å². The fourth-order valence-corrected chi connectivity index (χ4v) is 2.68. The summed E-state index contributed by atoms with van der Waals surface area (Å²) < 4.78 is 10.9. The van der Waals surface area contributed by atoms with E-state index in [4.69, 9.17) is 9.47 Å². The van der Waals surface area contributed by atoms with Crippen LogP contribution in [0.3, 0.4) is 0 Å². The second-order valence-corrected chi connectivity index (χ2v) is 7.05. The molecule has 2 aromatic rings. The molecule has 0 saturated carbocycles. The minimum absolute atomic E-state index is 0.0243. The third-order valence-electron chi connectivity index (χ3n) is 3.95. The smallest absolute Gasteiger partial charge is 0.224 e. The Hall–Kier alpha value is -2.49. The fourth-order valence-electron chi connectivity index (χ4n) is 2.68. The van der Waals surface area contributed by atoms with Crippen LogP contribution in [0.4, 0.5) is 0 Å². The topological polar surface area (TPSA) is 47.6 Å². The number of ether oxygens (including phenoxy) is 2. The van der Waals surface area contributed by atoms with Gasteiger partial charge in [-0.3, -0.25) is 4.79 Å². The lowest BCUT2D eigenvalue weighted by Gasteiger charge is -2.15. The van der Waals surface area contributed by atoms with Crippen LogP contribution in [0.2, 0.25) is 0 Å². The SMILES string of the molecule is COc1cccc(CC(C)NC(=O)Cc2ccc(OCC(C)C)cc2)c1. The fraction of sp³-hybridized carbons (Fsp3) is 0.409. The molecular formula is C22H29NO3. The zero-order valence-electron chi connectivity index (χ0n) is 16.1. The van der Waals surface area contributed by atoms with Crippen molar-refractivity contribution in [3.05, 3.63) is 59.7 Å². The number of methoxy groups -OCH3 is 1. The normalized spacial score (nSPS) is 11.9. The summed E-state index contributed by atoms with van der Waals surface area (Å²) in [6.45, 7) is 6.94. The molecule has 0 fully saturated rings. The Bertz CT molecular complexity index is 695. The van der Waals surface area contributed by atoms with Crippen molar-refractivity contribution in [3.8, 4) is 11.5 Å². The van der Waals surface area contributed by atoms with Crippen LogP contribution in [0.25, 0.3) is 0 Å². The van der Waals surface area contributed by atoms with Crippen molar-refractivity contribution in [3.63, 3.8) is 0 Å². The van der Waals surface area contributed by atoms with Crippen molar-refractivity contribution in [2.45, 2.75) is 39.7 Å². The Morgan fingerprint density at radius 3 is 2.38 bits per heavy atom. The van der Waals surface area contributed by atoms with E-state index >= 15 is 0 Å². The summed E-state index contributed by atoms with van der Waals surface area (Å²) >= 11 is 0. The first-order chi connectivity index (χ1) is 12.5. The highest BCUT2D eigenvalue weighted by atomic mass is 16.5. The molecule has 0 radical (unpaired) electrons. The van der Waals surface area contributed by atoms with Gasteiger partial charge in [0.15, 0.2) is 0 Å². The van der Waals surface area contributed by atoms with Crippen molar-refractivity contribution < 1.29 is 14.3 Å². The van der Waals surface area contributed by atoms with Crippen LogP contribution in [0.15, 0.2) is 48.5 Å². The lowest BCUT2D eigenvalue weighted by atomic mass is 10.1. The quantitative estimate of drug-likeness (QED) is 0.739. The van der Waals surface area contributed by atoms with Gasteiger partial charge in [-0.25, -0.2) is 0 Å². The van der Waals surface area contributed by atoms with E-state index in [9.17, 15) is 4.79 Å². The van der Waals surface area contributed by atoms with Crippen LogP contribution in [0, 0.1) is 5.92 Å². The predicted molar refractivity (Wildman–Crippen MR) is 105 cm³/mol. The van der Waals surface area contributed by atoms with Gasteiger partial charge in [0.1, 0.15) is 11.5 Å². The van der Waals surface area contributed by atoms with Crippen LogP contribution in [-0.2, 0) is 17.6 Å². The van der Waals surface area contributed by atoms with Gasteiger partial charge in [0.25, 0.3) is 0 Å². The molecule has 4 heteroatoms. The van der Waals surface area contributed by atoms with Gasteiger partial charge in [-0.15, -0.1) is 0 Å². The van der Waals surface area contributed by atoms with Crippen LogP contribution in [-0.4, -0.2) is 25.7 Å².